The number of ether oxygens (including phenoxy) is 1. The van der Waals surface area contributed by atoms with E-state index in [4.69, 9.17) is 4.74 Å². The Morgan fingerprint density at radius 3 is 3.20 bits per heavy atom. The fourth-order valence-corrected chi connectivity index (χ4v) is 3.27. The lowest BCUT2D eigenvalue weighted by molar-refractivity contribution is 0.0546. The van der Waals surface area contributed by atoms with Gasteiger partial charge in [-0.05, 0) is 31.0 Å². The number of rotatable bonds is 4. The van der Waals surface area contributed by atoms with E-state index in [9.17, 15) is 4.79 Å². The number of amides is 1. The van der Waals surface area contributed by atoms with Crippen LogP contribution in [0.2, 0.25) is 0 Å². The van der Waals surface area contributed by atoms with Crippen LogP contribution in [0.1, 0.15) is 34.2 Å². The molecule has 0 unspecified atom stereocenters. The first kappa shape index (κ1) is 15.8. The predicted octanol–water partition coefficient (Wildman–Crippen LogP) is 1.41. The standard InChI is InChI=1S/C17H20N6O2/c1-11-3-5-23-8-13(20-15(23)7-11)17(24)22(2)9-14-12(4-6-25-14)16-18-10-19-21-16/h3,5,7-8,10,12,14H,4,6,9H2,1-2H3,(H,18,19,21)/t12-,14-/m1/s1. The summed E-state index contributed by atoms with van der Waals surface area (Å²) in [6, 6.07) is 3.94. The Labute approximate surface area is 144 Å². The molecular formula is C17H20N6O2. The Morgan fingerprint density at radius 2 is 2.40 bits per heavy atom. The number of nitrogens with one attached hydrogen (secondary N) is 1. The maximum atomic E-state index is 12.7. The summed E-state index contributed by atoms with van der Waals surface area (Å²) in [6.07, 6.45) is 5.94. The first-order valence-electron chi connectivity index (χ1n) is 8.29. The number of hydrogen-bond acceptors (Lipinski definition) is 5. The average molecular weight is 340 g/mol. The Kier molecular flexibility index (Phi) is 3.96. The smallest absolute Gasteiger partial charge is 0.273 e. The predicted molar refractivity (Wildman–Crippen MR) is 90.4 cm³/mol. The molecule has 130 valence electrons. The van der Waals surface area contributed by atoms with Crippen molar-refractivity contribution < 1.29 is 9.53 Å². The number of imidazole rings is 1. The molecule has 1 N–H and O–H groups in total. The van der Waals surface area contributed by atoms with Crippen LogP contribution in [-0.2, 0) is 4.74 Å². The minimum absolute atomic E-state index is 0.0961. The van der Waals surface area contributed by atoms with Crippen LogP contribution in [0.3, 0.4) is 0 Å². The Morgan fingerprint density at radius 1 is 1.52 bits per heavy atom. The van der Waals surface area contributed by atoms with E-state index >= 15 is 0 Å². The molecule has 1 fully saturated rings. The molecule has 1 aliphatic heterocycles. The SMILES string of the molecule is Cc1ccn2cc(C(=O)N(C)C[C@H]3OCC[C@H]3c3ncn[nH]3)nc2c1. The van der Waals surface area contributed by atoms with Gasteiger partial charge in [-0.25, -0.2) is 9.97 Å². The highest BCUT2D eigenvalue weighted by Crippen LogP contribution is 2.29. The quantitative estimate of drug-likeness (QED) is 0.776. The van der Waals surface area contributed by atoms with Gasteiger partial charge < -0.3 is 14.0 Å². The molecule has 8 heteroatoms. The maximum Gasteiger partial charge on any atom is 0.273 e. The third-order valence-electron chi connectivity index (χ3n) is 4.63. The number of carbonyl (C=O) groups excluding carboxylic acids is 1. The molecule has 8 nitrogen and oxygen atoms in total. The zero-order chi connectivity index (χ0) is 17.4. The van der Waals surface area contributed by atoms with E-state index in [1.807, 2.05) is 29.7 Å². The molecule has 1 saturated heterocycles. The van der Waals surface area contributed by atoms with Crippen LogP contribution in [0, 0.1) is 6.92 Å². The normalized spacial score (nSPS) is 20.2. The van der Waals surface area contributed by atoms with Crippen molar-refractivity contribution in [3.05, 3.63) is 47.9 Å². The lowest BCUT2D eigenvalue weighted by Gasteiger charge is -2.23. The van der Waals surface area contributed by atoms with Crippen molar-refractivity contribution in [1.82, 2.24) is 29.5 Å². The van der Waals surface area contributed by atoms with Crippen molar-refractivity contribution in [2.24, 2.45) is 0 Å². The number of fused-ring (bicyclic) bond motifs is 1. The van der Waals surface area contributed by atoms with Crippen LogP contribution in [0.4, 0.5) is 0 Å². The Bertz CT molecular complexity index is 888. The van der Waals surface area contributed by atoms with Gasteiger partial charge in [0.05, 0.1) is 6.10 Å². The van der Waals surface area contributed by atoms with Gasteiger partial charge in [-0.2, -0.15) is 5.10 Å². The van der Waals surface area contributed by atoms with E-state index in [1.165, 1.54) is 6.33 Å². The Hall–Kier alpha value is -2.74. The van der Waals surface area contributed by atoms with Gasteiger partial charge in [0.15, 0.2) is 0 Å². The van der Waals surface area contributed by atoms with Crippen molar-refractivity contribution >= 4 is 11.6 Å². The maximum absolute atomic E-state index is 12.7. The molecule has 0 radical (unpaired) electrons. The molecule has 0 spiro atoms. The minimum atomic E-state index is -0.117. The van der Waals surface area contributed by atoms with Crippen LogP contribution in [-0.4, -0.2) is 61.7 Å². The first-order chi connectivity index (χ1) is 12.1. The number of nitrogens with zero attached hydrogens (tertiary/aromatic N) is 5. The van der Waals surface area contributed by atoms with Gasteiger partial charge in [-0.1, -0.05) is 0 Å². The van der Waals surface area contributed by atoms with E-state index in [1.54, 1.807) is 18.1 Å². The minimum Gasteiger partial charge on any atom is -0.376 e. The first-order valence-corrected chi connectivity index (χ1v) is 8.29. The van der Waals surface area contributed by atoms with Crippen molar-refractivity contribution in [2.45, 2.75) is 25.4 Å². The Balaban J connectivity index is 1.49. The van der Waals surface area contributed by atoms with E-state index < -0.39 is 0 Å². The second-order valence-electron chi connectivity index (χ2n) is 6.46. The molecule has 2 atom stereocenters. The summed E-state index contributed by atoms with van der Waals surface area (Å²) in [5.74, 6) is 0.821. The number of aryl methyl sites for hydroxylation is 1. The molecule has 4 rings (SSSR count). The molecule has 3 aromatic heterocycles. The molecule has 1 amide bonds. The van der Waals surface area contributed by atoms with Crippen molar-refractivity contribution in [1.29, 1.82) is 0 Å². The molecule has 0 aromatic carbocycles. The van der Waals surface area contributed by atoms with Gasteiger partial charge in [-0.3, -0.25) is 9.89 Å². The molecule has 0 saturated carbocycles. The van der Waals surface area contributed by atoms with Gasteiger partial charge in [0.25, 0.3) is 5.91 Å². The number of H-pyrrole nitrogens is 1. The van der Waals surface area contributed by atoms with Crippen molar-refractivity contribution in [3.8, 4) is 0 Å². The summed E-state index contributed by atoms with van der Waals surface area (Å²) in [5, 5.41) is 6.82. The zero-order valence-corrected chi connectivity index (χ0v) is 14.2. The summed E-state index contributed by atoms with van der Waals surface area (Å²) in [4.78, 5) is 23.1. The van der Waals surface area contributed by atoms with E-state index in [0.29, 0.717) is 18.8 Å². The number of likely N-dealkylation sites (N-methyl/N-ethyl adjacent to an activating group) is 1. The van der Waals surface area contributed by atoms with Gasteiger partial charge in [-0.15, -0.1) is 0 Å². The van der Waals surface area contributed by atoms with Gasteiger partial charge in [0.1, 0.15) is 23.5 Å². The monoisotopic (exact) mass is 340 g/mol. The number of aromatic amines is 1. The average Bonchev–Trinajstić information content (AvgIpc) is 3.33. The lowest BCUT2D eigenvalue weighted by atomic mass is 10.0. The molecule has 4 heterocycles. The van der Waals surface area contributed by atoms with Gasteiger partial charge in [0, 0.05) is 38.5 Å². The summed E-state index contributed by atoms with van der Waals surface area (Å²) in [7, 11) is 1.77. The highest BCUT2D eigenvalue weighted by Gasteiger charge is 2.33. The second kappa shape index (κ2) is 6.29. The number of carbonyl (C=O) groups is 1. The van der Waals surface area contributed by atoms with E-state index in [-0.39, 0.29) is 17.9 Å². The third-order valence-corrected chi connectivity index (χ3v) is 4.63. The molecule has 1 aliphatic rings. The molecule has 0 bridgehead atoms. The summed E-state index contributed by atoms with van der Waals surface area (Å²) >= 11 is 0. The lowest BCUT2D eigenvalue weighted by Crippen LogP contribution is -2.36. The summed E-state index contributed by atoms with van der Waals surface area (Å²) in [5.41, 5.74) is 2.32. The van der Waals surface area contributed by atoms with E-state index in [2.05, 4.69) is 20.2 Å². The zero-order valence-electron chi connectivity index (χ0n) is 14.2. The van der Waals surface area contributed by atoms with Crippen LogP contribution < -0.4 is 0 Å². The highest BCUT2D eigenvalue weighted by atomic mass is 16.5. The molecule has 3 aromatic rings. The van der Waals surface area contributed by atoms with Crippen LogP contribution >= 0.6 is 0 Å². The van der Waals surface area contributed by atoms with Gasteiger partial charge in [0.2, 0.25) is 0 Å². The number of aromatic nitrogens is 5. The van der Waals surface area contributed by atoms with E-state index in [0.717, 1.165) is 23.5 Å². The summed E-state index contributed by atoms with van der Waals surface area (Å²) < 4.78 is 7.67. The second-order valence-corrected chi connectivity index (χ2v) is 6.46. The molecule has 0 aliphatic carbocycles. The van der Waals surface area contributed by atoms with Crippen LogP contribution in [0.15, 0.2) is 30.9 Å². The molecular weight excluding hydrogens is 320 g/mol. The topological polar surface area (TPSA) is 88.4 Å². The fourth-order valence-electron chi connectivity index (χ4n) is 3.27. The number of pyridine rings is 1. The van der Waals surface area contributed by atoms with Crippen molar-refractivity contribution in [3.63, 3.8) is 0 Å². The third kappa shape index (κ3) is 3.00. The number of hydrogen-bond donors (Lipinski definition) is 1. The fraction of sp³-hybridized carbons (Fsp3) is 0.412. The largest absolute Gasteiger partial charge is 0.376 e. The molecule has 25 heavy (non-hydrogen) atoms. The van der Waals surface area contributed by atoms with Crippen molar-refractivity contribution in [2.75, 3.05) is 20.2 Å². The highest BCUT2D eigenvalue weighted by molar-refractivity contribution is 5.92. The van der Waals surface area contributed by atoms with Gasteiger partial charge >= 0.3 is 0 Å². The van der Waals surface area contributed by atoms with Crippen LogP contribution in [0.25, 0.3) is 5.65 Å². The summed E-state index contributed by atoms with van der Waals surface area (Å²) in [6.45, 7) is 3.15. The van der Waals surface area contributed by atoms with Crippen LogP contribution in [0.5, 0.6) is 0 Å².